The lowest BCUT2D eigenvalue weighted by Crippen LogP contribution is -2.44. The Bertz CT molecular complexity index is 404. The lowest BCUT2D eigenvalue weighted by molar-refractivity contribution is 0.0699. The number of halogens is 1. The van der Waals surface area contributed by atoms with Crippen LogP contribution < -0.4 is 0 Å². The van der Waals surface area contributed by atoms with Gasteiger partial charge in [0.15, 0.2) is 0 Å². The van der Waals surface area contributed by atoms with Gasteiger partial charge in [-0.2, -0.15) is 0 Å². The molecule has 1 saturated carbocycles. The average molecular weight is 300 g/mol. The molecule has 1 heterocycles. The number of aryl methyl sites for hydroxylation is 1. The van der Waals surface area contributed by atoms with Gasteiger partial charge in [0.05, 0.1) is 6.33 Å². The fourth-order valence-corrected chi connectivity index (χ4v) is 3.30. The molecular weight excluding hydrogens is 282 g/mol. The molecule has 0 radical (unpaired) electrons. The van der Waals surface area contributed by atoms with Crippen molar-refractivity contribution in [2.75, 3.05) is 7.05 Å². The third kappa shape index (κ3) is 2.70. The molecule has 0 aliphatic heterocycles. The number of nitrogens with zero attached hydrogens (tertiary/aromatic N) is 3. The minimum atomic E-state index is 0.0157. The molecule has 1 aromatic heterocycles. The minimum absolute atomic E-state index is 0.0157. The van der Waals surface area contributed by atoms with Gasteiger partial charge in [0.25, 0.3) is 5.91 Å². The highest BCUT2D eigenvalue weighted by Crippen LogP contribution is 2.28. The highest BCUT2D eigenvalue weighted by atomic mass is 79.9. The van der Waals surface area contributed by atoms with Crippen molar-refractivity contribution in [3.05, 3.63) is 18.2 Å². The van der Waals surface area contributed by atoms with Gasteiger partial charge >= 0.3 is 0 Å². The quantitative estimate of drug-likeness (QED) is 0.785. The summed E-state index contributed by atoms with van der Waals surface area (Å²) in [4.78, 5) is 18.6. The summed E-state index contributed by atoms with van der Waals surface area (Å²) in [6, 6.07) is 0.290. The summed E-state index contributed by atoms with van der Waals surface area (Å²) < 4.78 is 1.80. The predicted molar refractivity (Wildman–Crippen MR) is 70.3 cm³/mol. The van der Waals surface area contributed by atoms with E-state index >= 15 is 0 Å². The topological polar surface area (TPSA) is 38.1 Å². The van der Waals surface area contributed by atoms with Crippen LogP contribution in [-0.2, 0) is 7.05 Å². The molecule has 1 aliphatic rings. The Morgan fingerprint density at radius 2 is 2.24 bits per heavy atom. The summed E-state index contributed by atoms with van der Waals surface area (Å²) in [7, 11) is 3.75. The van der Waals surface area contributed by atoms with Crippen LogP contribution in [0.15, 0.2) is 12.5 Å². The Hall–Kier alpha value is -0.840. The Balaban J connectivity index is 2.08. The lowest BCUT2D eigenvalue weighted by atomic mass is 9.94. The SMILES string of the molecule is CN(C(=O)c1cn(C)cn1)C1CCCCC1Br. The number of carbonyl (C=O) groups excluding carboxylic acids is 1. The van der Waals surface area contributed by atoms with E-state index in [1.54, 1.807) is 17.1 Å². The van der Waals surface area contributed by atoms with Gasteiger partial charge in [-0.05, 0) is 12.8 Å². The van der Waals surface area contributed by atoms with Gasteiger partial charge in [0.2, 0.25) is 0 Å². The average Bonchev–Trinajstić information content (AvgIpc) is 2.75. The molecular formula is C12H18BrN3O. The van der Waals surface area contributed by atoms with Gasteiger partial charge < -0.3 is 9.47 Å². The molecule has 4 nitrogen and oxygen atoms in total. The summed E-state index contributed by atoms with van der Waals surface area (Å²) in [6.07, 6.45) is 8.10. The molecule has 2 unspecified atom stereocenters. The number of rotatable bonds is 2. The summed E-state index contributed by atoms with van der Waals surface area (Å²) in [5, 5.41) is 0. The number of amides is 1. The van der Waals surface area contributed by atoms with Gasteiger partial charge in [-0.15, -0.1) is 0 Å². The number of imidazole rings is 1. The monoisotopic (exact) mass is 299 g/mol. The molecule has 1 aromatic rings. The van der Waals surface area contributed by atoms with Crippen molar-refractivity contribution >= 4 is 21.8 Å². The van der Waals surface area contributed by atoms with E-state index in [9.17, 15) is 4.79 Å². The van der Waals surface area contributed by atoms with Gasteiger partial charge in [-0.25, -0.2) is 4.98 Å². The Morgan fingerprint density at radius 3 is 2.82 bits per heavy atom. The zero-order valence-corrected chi connectivity index (χ0v) is 11.9. The molecule has 0 N–H and O–H groups in total. The van der Waals surface area contributed by atoms with E-state index < -0.39 is 0 Å². The van der Waals surface area contributed by atoms with Crippen molar-refractivity contribution in [3.63, 3.8) is 0 Å². The summed E-state index contributed by atoms with van der Waals surface area (Å²) in [6.45, 7) is 0. The molecule has 2 rings (SSSR count). The Kier molecular flexibility index (Phi) is 3.86. The molecule has 17 heavy (non-hydrogen) atoms. The highest BCUT2D eigenvalue weighted by molar-refractivity contribution is 9.09. The minimum Gasteiger partial charge on any atom is -0.340 e. The van der Waals surface area contributed by atoms with Gasteiger partial charge in [-0.3, -0.25) is 4.79 Å². The summed E-state index contributed by atoms with van der Waals surface area (Å²) in [5.41, 5.74) is 0.528. The van der Waals surface area contributed by atoms with Crippen molar-refractivity contribution in [3.8, 4) is 0 Å². The smallest absolute Gasteiger partial charge is 0.274 e. The molecule has 1 fully saturated rings. The first kappa shape index (κ1) is 12.6. The second kappa shape index (κ2) is 5.21. The van der Waals surface area contributed by atoms with E-state index in [1.807, 2.05) is 19.0 Å². The van der Waals surface area contributed by atoms with Gasteiger partial charge in [-0.1, -0.05) is 28.8 Å². The van der Waals surface area contributed by atoms with E-state index in [0.29, 0.717) is 16.6 Å². The predicted octanol–water partition coefficient (Wildman–Crippen LogP) is 2.20. The Morgan fingerprint density at radius 1 is 1.53 bits per heavy atom. The van der Waals surface area contributed by atoms with Crippen molar-refractivity contribution in [1.29, 1.82) is 0 Å². The third-order valence-electron chi connectivity index (χ3n) is 3.39. The largest absolute Gasteiger partial charge is 0.340 e. The van der Waals surface area contributed by atoms with Crippen molar-refractivity contribution in [2.45, 2.75) is 36.6 Å². The van der Waals surface area contributed by atoms with Crippen LogP contribution in [0.4, 0.5) is 0 Å². The molecule has 5 heteroatoms. The standard InChI is InChI=1S/C12H18BrN3O/c1-15-7-10(14-8-15)12(17)16(2)11-6-4-3-5-9(11)13/h7-9,11H,3-6H2,1-2H3. The fourth-order valence-electron chi connectivity index (χ4n) is 2.36. The van der Waals surface area contributed by atoms with Crippen molar-refractivity contribution in [2.24, 2.45) is 7.05 Å². The van der Waals surface area contributed by atoms with Crippen LogP contribution in [0.5, 0.6) is 0 Å². The van der Waals surface area contributed by atoms with E-state index in [0.717, 1.165) is 12.8 Å². The van der Waals surface area contributed by atoms with E-state index in [1.165, 1.54) is 12.8 Å². The number of hydrogen-bond donors (Lipinski definition) is 0. The second-order valence-corrected chi connectivity index (χ2v) is 5.88. The van der Waals surface area contributed by atoms with Crippen LogP contribution in [0.1, 0.15) is 36.2 Å². The van der Waals surface area contributed by atoms with E-state index in [-0.39, 0.29) is 5.91 Å². The van der Waals surface area contributed by atoms with Crippen LogP contribution in [-0.4, -0.2) is 38.3 Å². The van der Waals surface area contributed by atoms with Crippen LogP contribution in [0.25, 0.3) is 0 Å². The first-order chi connectivity index (χ1) is 8.09. The van der Waals surface area contributed by atoms with Crippen molar-refractivity contribution in [1.82, 2.24) is 14.5 Å². The number of aromatic nitrogens is 2. The number of hydrogen-bond acceptors (Lipinski definition) is 2. The van der Waals surface area contributed by atoms with E-state index in [2.05, 4.69) is 20.9 Å². The van der Waals surface area contributed by atoms with E-state index in [4.69, 9.17) is 0 Å². The van der Waals surface area contributed by atoms with Crippen LogP contribution in [0.2, 0.25) is 0 Å². The normalized spacial score (nSPS) is 24.6. The van der Waals surface area contributed by atoms with Gasteiger partial charge in [0.1, 0.15) is 5.69 Å². The molecule has 0 saturated heterocycles. The van der Waals surface area contributed by atoms with Crippen molar-refractivity contribution < 1.29 is 4.79 Å². The number of carbonyl (C=O) groups is 1. The lowest BCUT2D eigenvalue weighted by Gasteiger charge is -2.34. The van der Waals surface area contributed by atoms with Crippen LogP contribution in [0, 0.1) is 0 Å². The molecule has 2 atom stereocenters. The summed E-state index contributed by atoms with van der Waals surface area (Å²) >= 11 is 3.68. The second-order valence-electron chi connectivity index (χ2n) is 4.71. The first-order valence-electron chi connectivity index (χ1n) is 5.99. The van der Waals surface area contributed by atoms with Crippen LogP contribution in [0.3, 0.4) is 0 Å². The zero-order chi connectivity index (χ0) is 12.4. The molecule has 1 amide bonds. The zero-order valence-electron chi connectivity index (χ0n) is 10.3. The van der Waals surface area contributed by atoms with Gasteiger partial charge in [0, 0.05) is 31.2 Å². The molecule has 0 bridgehead atoms. The molecule has 1 aliphatic carbocycles. The maximum absolute atomic E-state index is 12.2. The maximum Gasteiger partial charge on any atom is 0.274 e. The number of alkyl halides is 1. The maximum atomic E-state index is 12.2. The third-order valence-corrected chi connectivity index (χ3v) is 4.46. The highest BCUT2D eigenvalue weighted by Gasteiger charge is 2.30. The molecule has 94 valence electrons. The molecule has 0 spiro atoms. The fraction of sp³-hybridized carbons (Fsp3) is 0.667. The Labute approximate surface area is 110 Å². The molecule has 0 aromatic carbocycles. The summed E-state index contributed by atoms with van der Waals surface area (Å²) in [5.74, 6) is 0.0157. The first-order valence-corrected chi connectivity index (χ1v) is 6.90. The van der Waals surface area contributed by atoms with Crippen LogP contribution >= 0.6 is 15.9 Å².